The summed E-state index contributed by atoms with van der Waals surface area (Å²) < 4.78 is 7.81. The number of carbonyl (C=O) groups is 1. The molecule has 1 N–H and O–H groups in total. The molecule has 7 nitrogen and oxygen atoms in total. The molecule has 0 fully saturated rings. The molecule has 186 valence electrons. The van der Waals surface area contributed by atoms with Crippen LogP contribution in [0.2, 0.25) is 5.02 Å². The molecule has 4 aromatic rings. The van der Waals surface area contributed by atoms with Crippen molar-refractivity contribution in [2.45, 2.75) is 38.1 Å². The molecule has 0 atom stereocenters. The average molecular weight is 540 g/mol. The summed E-state index contributed by atoms with van der Waals surface area (Å²) >= 11 is 8.63. The van der Waals surface area contributed by atoms with Gasteiger partial charge in [-0.25, -0.2) is 4.98 Å². The topological polar surface area (TPSA) is 81.9 Å². The van der Waals surface area contributed by atoms with Crippen LogP contribution in [0, 0.1) is 0 Å². The van der Waals surface area contributed by atoms with E-state index in [0.29, 0.717) is 33.6 Å². The number of allylic oxidation sites excluding steroid dienone is 1. The lowest BCUT2D eigenvalue weighted by Gasteiger charge is -2.10. The molecule has 2 heterocycles. The summed E-state index contributed by atoms with van der Waals surface area (Å²) in [6.45, 7) is 8.91. The van der Waals surface area contributed by atoms with Crippen LogP contribution in [0.25, 0.3) is 11.3 Å². The maximum atomic E-state index is 12.6. The van der Waals surface area contributed by atoms with Gasteiger partial charge >= 0.3 is 0 Å². The monoisotopic (exact) mass is 539 g/mol. The first-order chi connectivity index (χ1) is 17.4. The number of rotatable bonds is 11. The minimum Gasteiger partial charge on any atom is -0.486 e. The van der Waals surface area contributed by atoms with Crippen LogP contribution in [0.1, 0.15) is 31.2 Å². The fourth-order valence-electron chi connectivity index (χ4n) is 3.31. The highest BCUT2D eigenvalue weighted by Gasteiger charge is 2.15. The number of halogens is 1. The number of carbonyl (C=O) groups excluding carboxylic acids is 1. The Morgan fingerprint density at radius 1 is 1.19 bits per heavy atom. The summed E-state index contributed by atoms with van der Waals surface area (Å²) in [6.07, 6.45) is 1.77. The standard InChI is InChI=1S/C26H26ClN5O2S2/c1-4-13-32-23(14-34-21-11-7-18(8-12-21)17(2)3)30-31-26(32)36-16-24(33)29-25-28-22(15-35-25)19-5-9-20(27)10-6-19/h4-12,15,17H,1,13-14,16H2,2-3H3,(H,28,29,33). The Labute approximate surface area is 223 Å². The van der Waals surface area contributed by atoms with Crippen LogP contribution >= 0.6 is 34.7 Å². The van der Waals surface area contributed by atoms with E-state index in [1.165, 1.54) is 28.7 Å². The average Bonchev–Trinajstić information content (AvgIpc) is 3.49. The predicted molar refractivity (Wildman–Crippen MR) is 147 cm³/mol. The third-order valence-corrected chi connectivity index (χ3v) is 7.22. The molecule has 0 aliphatic rings. The zero-order valence-electron chi connectivity index (χ0n) is 20.0. The van der Waals surface area contributed by atoms with Gasteiger partial charge in [0.05, 0.1) is 11.4 Å². The van der Waals surface area contributed by atoms with E-state index < -0.39 is 0 Å². The quantitative estimate of drug-likeness (QED) is 0.169. The molecule has 1 amide bonds. The maximum absolute atomic E-state index is 12.6. The number of anilines is 1. The first-order valence-electron chi connectivity index (χ1n) is 11.3. The van der Waals surface area contributed by atoms with Crippen molar-refractivity contribution in [1.29, 1.82) is 0 Å². The molecule has 0 saturated carbocycles. The van der Waals surface area contributed by atoms with Crippen molar-refractivity contribution in [3.8, 4) is 17.0 Å². The Hall–Kier alpha value is -3.14. The van der Waals surface area contributed by atoms with Crippen molar-refractivity contribution in [2.24, 2.45) is 0 Å². The van der Waals surface area contributed by atoms with E-state index in [-0.39, 0.29) is 18.3 Å². The van der Waals surface area contributed by atoms with E-state index in [1.54, 1.807) is 6.08 Å². The van der Waals surface area contributed by atoms with Gasteiger partial charge in [0.25, 0.3) is 0 Å². The fraction of sp³-hybridized carbons (Fsp3) is 0.231. The highest BCUT2D eigenvalue weighted by atomic mass is 35.5. The molecule has 0 saturated heterocycles. The molecular weight excluding hydrogens is 514 g/mol. The van der Waals surface area contributed by atoms with Gasteiger partial charge in [0.2, 0.25) is 5.91 Å². The number of hydrogen-bond donors (Lipinski definition) is 1. The van der Waals surface area contributed by atoms with Gasteiger partial charge in [-0.15, -0.1) is 28.1 Å². The van der Waals surface area contributed by atoms with E-state index in [1.807, 2.05) is 46.3 Å². The second-order valence-electron chi connectivity index (χ2n) is 8.19. The van der Waals surface area contributed by atoms with Crippen LogP contribution < -0.4 is 10.1 Å². The molecule has 0 spiro atoms. The summed E-state index contributed by atoms with van der Waals surface area (Å²) in [6, 6.07) is 15.5. The van der Waals surface area contributed by atoms with E-state index >= 15 is 0 Å². The van der Waals surface area contributed by atoms with Crippen LogP contribution in [-0.4, -0.2) is 31.4 Å². The highest BCUT2D eigenvalue weighted by molar-refractivity contribution is 7.99. The number of thiazole rings is 1. The number of hydrogen-bond acceptors (Lipinski definition) is 7. The second-order valence-corrected chi connectivity index (χ2v) is 10.4. The van der Waals surface area contributed by atoms with Crippen molar-refractivity contribution in [3.63, 3.8) is 0 Å². The molecule has 0 bridgehead atoms. The molecule has 10 heteroatoms. The highest BCUT2D eigenvalue weighted by Crippen LogP contribution is 2.27. The number of nitrogens with zero attached hydrogens (tertiary/aromatic N) is 4. The molecule has 2 aromatic heterocycles. The Balaban J connectivity index is 1.33. The molecule has 0 aliphatic carbocycles. The first kappa shape index (κ1) is 25.9. The van der Waals surface area contributed by atoms with Crippen LogP contribution in [-0.2, 0) is 17.9 Å². The molecule has 0 aliphatic heterocycles. The summed E-state index contributed by atoms with van der Waals surface area (Å²) in [5.41, 5.74) is 2.98. The lowest BCUT2D eigenvalue weighted by Crippen LogP contribution is -2.15. The van der Waals surface area contributed by atoms with Crippen LogP contribution in [0.3, 0.4) is 0 Å². The summed E-state index contributed by atoms with van der Waals surface area (Å²) in [5, 5.41) is 15.1. The molecule has 0 unspecified atom stereocenters. The van der Waals surface area contributed by atoms with Crippen LogP contribution in [0.4, 0.5) is 5.13 Å². The van der Waals surface area contributed by atoms with Gasteiger partial charge in [0.1, 0.15) is 12.4 Å². The lowest BCUT2D eigenvalue weighted by atomic mass is 10.0. The molecule has 2 aromatic carbocycles. The molecular formula is C26H26ClN5O2S2. The van der Waals surface area contributed by atoms with Gasteiger partial charge in [-0.05, 0) is 35.7 Å². The van der Waals surface area contributed by atoms with Crippen LogP contribution in [0.5, 0.6) is 5.75 Å². The minimum absolute atomic E-state index is 0.169. The zero-order valence-corrected chi connectivity index (χ0v) is 22.4. The van der Waals surface area contributed by atoms with Gasteiger partial charge in [-0.1, -0.05) is 67.6 Å². The molecule has 0 radical (unpaired) electrons. The molecule has 36 heavy (non-hydrogen) atoms. The number of thioether (sulfide) groups is 1. The number of ether oxygens (including phenoxy) is 1. The van der Waals surface area contributed by atoms with E-state index in [9.17, 15) is 4.79 Å². The summed E-state index contributed by atoms with van der Waals surface area (Å²) in [4.78, 5) is 17.0. The number of aromatic nitrogens is 4. The van der Waals surface area contributed by atoms with Gasteiger partial charge in [-0.2, -0.15) is 0 Å². The van der Waals surface area contributed by atoms with Crippen molar-refractivity contribution in [1.82, 2.24) is 19.7 Å². The minimum atomic E-state index is -0.173. The number of nitrogens with one attached hydrogen (secondary N) is 1. The summed E-state index contributed by atoms with van der Waals surface area (Å²) in [5.74, 6) is 1.89. The Bertz CT molecular complexity index is 1320. The largest absolute Gasteiger partial charge is 0.486 e. The second kappa shape index (κ2) is 12.2. The zero-order chi connectivity index (χ0) is 25.5. The summed E-state index contributed by atoms with van der Waals surface area (Å²) in [7, 11) is 0. The Morgan fingerprint density at radius 3 is 2.64 bits per heavy atom. The third kappa shape index (κ3) is 6.75. The normalized spacial score (nSPS) is 11.0. The number of benzene rings is 2. The fourth-order valence-corrected chi connectivity index (χ4v) is 4.94. The van der Waals surface area contributed by atoms with Gasteiger partial charge in [0.15, 0.2) is 16.1 Å². The van der Waals surface area contributed by atoms with Crippen molar-refractivity contribution < 1.29 is 9.53 Å². The Morgan fingerprint density at radius 2 is 1.94 bits per heavy atom. The van der Waals surface area contributed by atoms with E-state index in [0.717, 1.165) is 17.0 Å². The number of amides is 1. The predicted octanol–water partition coefficient (Wildman–Crippen LogP) is 6.67. The van der Waals surface area contributed by atoms with Crippen molar-refractivity contribution in [3.05, 3.63) is 83.0 Å². The molecule has 4 rings (SSSR count). The van der Waals surface area contributed by atoms with Gasteiger partial charge in [-0.3, -0.25) is 9.36 Å². The van der Waals surface area contributed by atoms with Crippen LogP contribution in [0.15, 0.2) is 71.7 Å². The Kier molecular flexibility index (Phi) is 8.79. The van der Waals surface area contributed by atoms with Crippen molar-refractivity contribution >= 4 is 45.7 Å². The maximum Gasteiger partial charge on any atom is 0.236 e. The van der Waals surface area contributed by atoms with E-state index in [2.05, 4.69) is 53.1 Å². The van der Waals surface area contributed by atoms with Gasteiger partial charge < -0.3 is 10.1 Å². The van der Waals surface area contributed by atoms with E-state index in [4.69, 9.17) is 16.3 Å². The van der Waals surface area contributed by atoms with Gasteiger partial charge in [0, 0.05) is 22.5 Å². The SMILES string of the molecule is C=CCn1c(COc2ccc(C(C)C)cc2)nnc1SCC(=O)Nc1nc(-c2ccc(Cl)cc2)cs1. The van der Waals surface area contributed by atoms with Crippen molar-refractivity contribution in [2.75, 3.05) is 11.1 Å². The smallest absolute Gasteiger partial charge is 0.236 e. The first-order valence-corrected chi connectivity index (χ1v) is 13.6. The lowest BCUT2D eigenvalue weighted by molar-refractivity contribution is -0.113. The third-order valence-electron chi connectivity index (χ3n) is 5.24.